The van der Waals surface area contributed by atoms with Crippen LogP contribution in [0.25, 0.3) is 0 Å². The van der Waals surface area contributed by atoms with E-state index in [1.165, 1.54) is 18.4 Å². The fraction of sp³-hybridized carbons (Fsp3) is 0.429. The Morgan fingerprint density at radius 3 is 2.50 bits per heavy atom. The molecule has 3 rings (SSSR count). The SMILES string of the molecule is CCOc1ccc(OCC(=O)Nc2sc3c(c2C(=O)OC)CC[C@@H](C)C3)cc1. The number of esters is 1. The van der Waals surface area contributed by atoms with Crippen LogP contribution in [0.3, 0.4) is 0 Å². The van der Waals surface area contributed by atoms with Gasteiger partial charge in [0.15, 0.2) is 6.61 Å². The van der Waals surface area contributed by atoms with E-state index in [1.54, 1.807) is 24.3 Å². The molecule has 0 unspecified atom stereocenters. The Labute approximate surface area is 168 Å². The number of carbonyl (C=O) groups is 2. The van der Waals surface area contributed by atoms with Crippen molar-refractivity contribution in [3.8, 4) is 11.5 Å². The highest BCUT2D eigenvalue weighted by atomic mass is 32.1. The van der Waals surface area contributed by atoms with Crippen molar-refractivity contribution in [2.75, 3.05) is 25.6 Å². The van der Waals surface area contributed by atoms with Gasteiger partial charge >= 0.3 is 5.97 Å². The second kappa shape index (κ2) is 9.10. The van der Waals surface area contributed by atoms with E-state index in [2.05, 4.69) is 12.2 Å². The van der Waals surface area contributed by atoms with Gasteiger partial charge in [-0.15, -0.1) is 11.3 Å². The summed E-state index contributed by atoms with van der Waals surface area (Å²) in [5, 5.41) is 3.38. The lowest BCUT2D eigenvalue weighted by Crippen LogP contribution is -2.21. The second-order valence-electron chi connectivity index (χ2n) is 6.79. The zero-order valence-electron chi connectivity index (χ0n) is 16.4. The Morgan fingerprint density at radius 1 is 1.18 bits per heavy atom. The van der Waals surface area contributed by atoms with Crippen LogP contribution < -0.4 is 14.8 Å². The van der Waals surface area contributed by atoms with Gasteiger partial charge in [-0.25, -0.2) is 4.79 Å². The Kier molecular flexibility index (Phi) is 6.57. The number of amides is 1. The normalized spacial score (nSPS) is 15.5. The van der Waals surface area contributed by atoms with E-state index >= 15 is 0 Å². The molecule has 1 N–H and O–H groups in total. The van der Waals surface area contributed by atoms with Gasteiger partial charge in [0.25, 0.3) is 5.91 Å². The van der Waals surface area contributed by atoms with Crippen molar-refractivity contribution in [3.05, 3.63) is 40.3 Å². The molecule has 0 bridgehead atoms. The molecule has 1 heterocycles. The summed E-state index contributed by atoms with van der Waals surface area (Å²) < 4.78 is 15.9. The first-order valence-electron chi connectivity index (χ1n) is 9.40. The van der Waals surface area contributed by atoms with Gasteiger partial charge in [-0.2, -0.15) is 0 Å². The Morgan fingerprint density at radius 2 is 1.86 bits per heavy atom. The van der Waals surface area contributed by atoms with Crippen molar-refractivity contribution in [1.29, 1.82) is 0 Å². The largest absolute Gasteiger partial charge is 0.494 e. The number of hydrogen-bond acceptors (Lipinski definition) is 6. The first kappa shape index (κ1) is 20.2. The molecule has 0 spiro atoms. The maximum Gasteiger partial charge on any atom is 0.341 e. The summed E-state index contributed by atoms with van der Waals surface area (Å²) in [5.74, 6) is 1.18. The van der Waals surface area contributed by atoms with Crippen molar-refractivity contribution in [2.24, 2.45) is 5.92 Å². The third-order valence-corrected chi connectivity index (χ3v) is 5.83. The third kappa shape index (κ3) is 4.65. The lowest BCUT2D eigenvalue weighted by atomic mass is 9.88. The Hall–Kier alpha value is -2.54. The van der Waals surface area contributed by atoms with Crippen molar-refractivity contribution >= 4 is 28.2 Å². The van der Waals surface area contributed by atoms with Crippen LogP contribution in [0.1, 0.15) is 41.1 Å². The van der Waals surface area contributed by atoms with Crippen LogP contribution >= 0.6 is 11.3 Å². The van der Waals surface area contributed by atoms with E-state index in [-0.39, 0.29) is 12.5 Å². The number of anilines is 1. The minimum atomic E-state index is -0.408. The predicted octanol–water partition coefficient (Wildman–Crippen LogP) is 4.08. The van der Waals surface area contributed by atoms with Gasteiger partial charge in [-0.3, -0.25) is 4.79 Å². The first-order chi connectivity index (χ1) is 13.5. The van der Waals surface area contributed by atoms with Gasteiger partial charge in [0.1, 0.15) is 16.5 Å². The van der Waals surface area contributed by atoms with Gasteiger partial charge in [0, 0.05) is 4.88 Å². The zero-order valence-corrected chi connectivity index (χ0v) is 17.2. The molecular weight excluding hydrogens is 378 g/mol. The van der Waals surface area contributed by atoms with Crippen LogP contribution in [0.15, 0.2) is 24.3 Å². The number of carbonyl (C=O) groups excluding carboxylic acids is 2. The monoisotopic (exact) mass is 403 g/mol. The number of thiophene rings is 1. The molecule has 6 nitrogen and oxygen atoms in total. The second-order valence-corrected chi connectivity index (χ2v) is 7.89. The lowest BCUT2D eigenvalue weighted by Gasteiger charge is -2.18. The average Bonchev–Trinajstić information content (AvgIpc) is 3.03. The molecule has 1 atom stereocenters. The molecular formula is C21H25NO5S. The quantitative estimate of drug-likeness (QED) is 0.705. The number of methoxy groups -OCH3 is 1. The zero-order chi connectivity index (χ0) is 20.1. The van der Waals surface area contributed by atoms with E-state index < -0.39 is 5.97 Å². The highest BCUT2D eigenvalue weighted by Crippen LogP contribution is 2.40. The van der Waals surface area contributed by atoms with Crippen LogP contribution in [0.5, 0.6) is 11.5 Å². The molecule has 28 heavy (non-hydrogen) atoms. The van der Waals surface area contributed by atoms with Gasteiger partial charge in [0.05, 0.1) is 19.3 Å². The molecule has 2 aromatic rings. The number of fused-ring (bicyclic) bond motifs is 1. The molecule has 7 heteroatoms. The molecule has 1 aliphatic carbocycles. The van der Waals surface area contributed by atoms with Crippen LogP contribution in [-0.4, -0.2) is 32.2 Å². The van der Waals surface area contributed by atoms with E-state index in [1.807, 2.05) is 6.92 Å². The van der Waals surface area contributed by atoms with E-state index in [0.29, 0.717) is 28.8 Å². The van der Waals surface area contributed by atoms with Crippen LogP contribution in [0.2, 0.25) is 0 Å². The minimum absolute atomic E-state index is 0.145. The first-order valence-corrected chi connectivity index (χ1v) is 10.2. The molecule has 1 aliphatic rings. The number of benzene rings is 1. The molecule has 1 aromatic heterocycles. The molecule has 0 fully saturated rings. The van der Waals surface area contributed by atoms with Gasteiger partial charge < -0.3 is 19.5 Å². The fourth-order valence-electron chi connectivity index (χ4n) is 3.27. The van der Waals surface area contributed by atoms with Crippen LogP contribution in [0.4, 0.5) is 5.00 Å². The standard InChI is InChI=1S/C21H25NO5S/c1-4-26-14-6-8-15(9-7-14)27-12-18(23)22-20-19(21(24)25-3)16-10-5-13(2)11-17(16)28-20/h6-9,13H,4-5,10-12H2,1-3H3,(H,22,23)/t13-/m1/s1. The summed E-state index contributed by atoms with van der Waals surface area (Å²) in [4.78, 5) is 25.8. The highest BCUT2D eigenvalue weighted by molar-refractivity contribution is 7.17. The molecule has 1 aromatic carbocycles. The summed E-state index contributed by atoms with van der Waals surface area (Å²) in [5.41, 5.74) is 1.50. The fourth-order valence-corrected chi connectivity index (χ4v) is 4.68. The van der Waals surface area contributed by atoms with Crippen molar-refractivity contribution in [3.63, 3.8) is 0 Å². The van der Waals surface area contributed by atoms with Crippen molar-refractivity contribution < 1.29 is 23.8 Å². The van der Waals surface area contributed by atoms with Gasteiger partial charge in [-0.05, 0) is 61.9 Å². The van der Waals surface area contributed by atoms with E-state index in [4.69, 9.17) is 14.2 Å². The highest BCUT2D eigenvalue weighted by Gasteiger charge is 2.28. The number of nitrogens with one attached hydrogen (secondary N) is 1. The summed E-state index contributed by atoms with van der Waals surface area (Å²) in [7, 11) is 1.36. The molecule has 0 saturated heterocycles. The molecule has 0 saturated carbocycles. The Balaban J connectivity index is 1.67. The summed E-state index contributed by atoms with van der Waals surface area (Å²) >= 11 is 1.46. The Bertz CT molecular complexity index is 843. The maximum atomic E-state index is 12.4. The molecule has 0 aliphatic heterocycles. The maximum absolute atomic E-state index is 12.4. The lowest BCUT2D eigenvalue weighted by molar-refractivity contribution is -0.118. The molecule has 0 radical (unpaired) electrons. The number of rotatable bonds is 7. The third-order valence-electron chi connectivity index (χ3n) is 4.66. The van der Waals surface area contributed by atoms with E-state index in [0.717, 1.165) is 35.5 Å². The summed E-state index contributed by atoms with van der Waals surface area (Å²) in [6.45, 7) is 4.56. The van der Waals surface area contributed by atoms with Gasteiger partial charge in [-0.1, -0.05) is 6.92 Å². The molecule has 1 amide bonds. The van der Waals surface area contributed by atoms with Gasteiger partial charge in [0.2, 0.25) is 0 Å². The summed E-state index contributed by atoms with van der Waals surface area (Å²) in [6.07, 6.45) is 2.78. The number of ether oxygens (including phenoxy) is 3. The van der Waals surface area contributed by atoms with Crippen molar-refractivity contribution in [1.82, 2.24) is 0 Å². The smallest absolute Gasteiger partial charge is 0.341 e. The molecule has 150 valence electrons. The predicted molar refractivity (Wildman–Crippen MR) is 109 cm³/mol. The van der Waals surface area contributed by atoms with Crippen LogP contribution in [-0.2, 0) is 22.4 Å². The van der Waals surface area contributed by atoms with Crippen LogP contribution in [0, 0.1) is 5.92 Å². The minimum Gasteiger partial charge on any atom is -0.494 e. The van der Waals surface area contributed by atoms with E-state index in [9.17, 15) is 9.59 Å². The van der Waals surface area contributed by atoms with Crippen molar-refractivity contribution in [2.45, 2.75) is 33.1 Å². The summed E-state index contributed by atoms with van der Waals surface area (Å²) in [6, 6.07) is 7.09. The average molecular weight is 404 g/mol. The number of hydrogen-bond donors (Lipinski definition) is 1. The topological polar surface area (TPSA) is 73.9 Å².